The predicted octanol–water partition coefficient (Wildman–Crippen LogP) is 3.04. The van der Waals surface area contributed by atoms with Crippen LogP contribution in [-0.4, -0.2) is 47.8 Å². The Balaban J connectivity index is 2.01. The first-order valence-electron chi connectivity index (χ1n) is 8.60. The Morgan fingerprint density at radius 3 is 2.73 bits per heavy atom. The molecule has 1 N–H and O–H groups in total. The second-order valence-corrected chi connectivity index (χ2v) is 6.65. The van der Waals surface area contributed by atoms with E-state index in [0.717, 1.165) is 23.4 Å². The lowest BCUT2D eigenvalue weighted by Gasteiger charge is -2.13. The monoisotopic (exact) mass is 352 g/mol. The van der Waals surface area contributed by atoms with Gasteiger partial charge in [0.25, 0.3) is 5.91 Å². The normalized spacial score (nSPS) is 11.1. The fourth-order valence-corrected chi connectivity index (χ4v) is 2.70. The van der Waals surface area contributed by atoms with Crippen LogP contribution in [0.3, 0.4) is 0 Å². The molecule has 6 nitrogen and oxygen atoms in total. The molecule has 26 heavy (non-hydrogen) atoms. The Kier molecular flexibility index (Phi) is 5.23. The van der Waals surface area contributed by atoms with Gasteiger partial charge in [0, 0.05) is 19.2 Å². The van der Waals surface area contributed by atoms with Crippen molar-refractivity contribution in [1.29, 1.82) is 0 Å². The molecule has 6 heteroatoms. The van der Waals surface area contributed by atoms with Crippen LogP contribution in [0.1, 0.15) is 21.6 Å². The molecule has 0 saturated heterocycles. The van der Waals surface area contributed by atoms with Crippen LogP contribution in [0.25, 0.3) is 17.1 Å². The molecular formula is C20H24N4O2. The summed E-state index contributed by atoms with van der Waals surface area (Å²) in [5.74, 6) is 0.481. The number of carbonyl (C=O) groups is 1. The van der Waals surface area contributed by atoms with Crippen molar-refractivity contribution in [3.63, 3.8) is 0 Å². The van der Waals surface area contributed by atoms with E-state index in [9.17, 15) is 4.79 Å². The van der Waals surface area contributed by atoms with Crippen molar-refractivity contribution >= 4 is 5.91 Å². The molecule has 0 spiro atoms. The van der Waals surface area contributed by atoms with Crippen LogP contribution in [0.15, 0.2) is 47.1 Å². The van der Waals surface area contributed by atoms with Gasteiger partial charge in [0.1, 0.15) is 11.4 Å². The highest BCUT2D eigenvalue weighted by Crippen LogP contribution is 2.24. The van der Waals surface area contributed by atoms with Gasteiger partial charge in [-0.1, -0.05) is 12.1 Å². The summed E-state index contributed by atoms with van der Waals surface area (Å²) in [6.07, 6.45) is 1.60. The van der Waals surface area contributed by atoms with E-state index in [-0.39, 0.29) is 5.91 Å². The van der Waals surface area contributed by atoms with Gasteiger partial charge in [-0.15, -0.1) is 0 Å². The van der Waals surface area contributed by atoms with Gasteiger partial charge in [0.15, 0.2) is 5.76 Å². The first kappa shape index (κ1) is 17.9. The highest BCUT2D eigenvalue weighted by molar-refractivity contribution is 5.94. The molecule has 1 aromatic carbocycles. The first-order valence-corrected chi connectivity index (χ1v) is 8.60. The third-order valence-electron chi connectivity index (χ3n) is 4.15. The minimum Gasteiger partial charge on any atom is -0.463 e. The van der Waals surface area contributed by atoms with Crippen molar-refractivity contribution in [2.45, 2.75) is 13.8 Å². The Bertz CT molecular complexity index is 895. The number of rotatable bonds is 6. The Morgan fingerprint density at radius 2 is 2.04 bits per heavy atom. The maximum atomic E-state index is 12.8. The SMILES string of the molecule is Cc1ccc(C)c(-n2nc(-c3ccco3)cc2C(=O)NCCN(C)C)c1. The number of hydrogen-bond donors (Lipinski definition) is 1. The van der Waals surface area contributed by atoms with Gasteiger partial charge in [-0.25, -0.2) is 4.68 Å². The quantitative estimate of drug-likeness (QED) is 0.741. The van der Waals surface area contributed by atoms with Crippen molar-refractivity contribution in [1.82, 2.24) is 20.0 Å². The lowest BCUT2D eigenvalue weighted by molar-refractivity contribution is 0.0943. The van der Waals surface area contributed by atoms with Crippen LogP contribution in [0, 0.1) is 13.8 Å². The van der Waals surface area contributed by atoms with Crippen molar-refractivity contribution < 1.29 is 9.21 Å². The van der Waals surface area contributed by atoms with Crippen LogP contribution >= 0.6 is 0 Å². The molecule has 0 unspecified atom stereocenters. The van der Waals surface area contributed by atoms with E-state index in [0.29, 0.717) is 23.7 Å². The summed E-state index contributed by atoms with van der Waals surface area (Å²) in [5, 5.41) is 7.60. The second-order valence-electron chi connectivity index (χ2n) is 6.65. The van der Waals surface area contributed by atoms with Crippen molar-refractivity contribution in [2.24, 2.45) is 0 Å². The number of nitrogens with one attached hydrogen (secondary N) is 1. The highest BCUT2D eigenvalue weighted by Gasteiger charge is 2.19. The van der Waals surface area contributed by atoms with Gasteiger partial charge in [-0.2, -0.15) is 5.10 Å². The molecule has 0 radical (unpaired) electrons. The van der Waals surface area contributed by atoms with Gasteiger partial charge < -0.3 is 14.6 Å². The van der Waals surface area contributed by atoms with Crippen LogP contribution in [0.5, 0.6) is 0 Å². The molecular weight excluding hydrogens is 328 g/mol. The van der Waals surface area contributed by atoms with Crippen molar-refractivity contribution in [2.75, 3.05) is 27.2 Å². The molecule has 1 amide bonds. The summed E-state index contributed by atoms with van der Waals surface area (Å²) in [4.78, 5) is 14.8. The van der Waals surface area contributed by atoms with Crippen LogP contribution < -0.4 is 5.32 Å². The number of carbonyl (C=O) groups excluding carboxylic acids is 1. The average Bonchev–Trinajstić information content (AvgIpc) is 3.25. The average molecular weight is 352 g/mol. The number of benzene rings is 1. The molecule has 2 aromatic heterocycles. The minimum absolute atomic E-state index is 0.155. The molecule has 0 aliphatic heterocycles. The third kappa shape index (κ3) is 3.86. The lowest BCUT2D eigenvalue weighted by Crippen LogP contribution is -2.32. The summed E-state index contributed by atoms with van der Waals surface area (Å²) in [5.41, 5.74) is 4.17. The molecule has 2 heterocycles. The maximum Gasteiger partial charge on any atom is 0.270 e. The van der Waals surface area contributed by atoms with Crippen molar-refractivity contribution in [3.05, 3.63) is 59.5 Å². The van der Waals surface area contributed by atoms with Gasteiger partial charge in [-0.3, -0.25) is 4.79 Å². The van der Waals surface area contributed by atoms with Gasteiger partial charge in [0.05, 0.1) is 12.0 Å². The second kappa shape index (κ2) is 7.58. The summed E-state index contributed by atoms with van der Waals surface area (Å²) < 4.78 is 7.16. The summed E-state index contributed by atoms with van der Waals surface area (Å²) in [7, 11) is 3.95. The fraction of sp³-hybridized carbons (Fsp3) is 0.300. The van der Waals surface area contributed by atoms with E-state index in [1.807, 2.05) is 63.2 Å². The summed E-state index contributed by atoms with van der Waals surface area (Å²) >= 11 is 0. The topological polar surface area (TPSA) is 63.3 Å². The Morgan fingerprint density at radius 1 is 1.23 bits per heavy atom. The molecule has 0 atom stereocenters. The number of amides is 1. The minimum atomic E-state index is -0.155. The number of furan rings is 1. The zero-order chi connectivity index (χ0) is 18.7. The predicted molar refractivity (Wildman–Crippen MR) is 102 cm³/mol. The fourth-order valence-electron chi connectivity index (χ4n) is 2.70. The number of aromatic nitrogens is 2. The third-order valence-corrected chi connectivity index (χ3v) is 4.15. The number of hydrogen-bond acceptors (Lipinski definition) is 4. The zero-order valence-corrected chi connectivity index (χ0v) is 15.6. The van der Waals surface area contributed by atoms with E-state index in [1.165, 1.54) is 0 Å². The van der Waals surface area contributed by atoms with Crippen LogP contribution in [0.2, 0.25) is 0 Å². The Labute approximate surface area is 153 Å². The zero-order valence-electron chi connectivity index (χ0n) is 15.6. The van der Waals surface area contributed by atoms with E-state index < -0.39 is 0 Å². The number of nitrogens with zero attached hydrogens (tertiary/aromatic N) is 3. The molecule has 0 saturated carbocycles. The summed E-state index contributed by atoms with van der Waals surface area (Å²) in [6.45, 7) is 5.38. The molecule has 0 aliphatic rings. The number of likely N-dealkylation sites (N-methyl/N-ethyl adjacent to an activating group) is 1. The van der Waals surface area contributed by atoms with Crippen LogP contribution in [-0.2, 0) is 0 Å². The van der Waals surface area contributed by atoms with Gasteiger partial charge in [-0.05, 0) is 57.3 Å². The highest BCUT2D eigenvalue weighted by atomic mass is 16.3. The smallest absolute Gasteiger partial charge is 0.270 e. The van der Waals surface area contributed by atoms with E-state index >= 15 is 0 Å². The molecule has 0 aliphatic carbocycles. The molecule has 3 rings (SSSR count). The number of aryl methyl sites for hydroxylation is 2. The van der Waals surface area contributed by atoms with E-state index in [2.05, 4.69) is 10.4 Å². The standard InChI is InChI=1S/C20H24N4O2/c1-14-7-8-15(2)17(12-14)24-18(20(25)21-9-10-23(3)4)13-16(22-24)19-6-5-11-26-19/h5-8,11-13H,9-10H2,1-4H3,(H,21,25). The molecule has 0 bridgehead atoms. The van der Waals surface area contributed by atoms with Gasteiger partial charge in [0.2, 0.25) is 0 Å². The first-order chi connectivity index (χ1) is 12.5. The van der Waals surface area contributed by atoms with E-state index in [1.54, 1.807) is 17.0 Å². The maximum absolute atomic E-state index is 12.8. The molecule has 0 fully saturated rings. The largest absolute Gasteiger partial charge is 0.463 e. The van der Waals surface area contributed by atoms with Gasteiger partial charge >= 0.3 is 0 Å². The Hall–Kier alpha value is -2.86. The lowest BCUT2D eigenvalue weighted by atomic mass is 10.1. The summed E-state index contributed by atoms with van der Waals surface area (Å²) in [6, 6.07) is 11.5. The molecule has 3 aromatic rings. The molecule has 136 valence electrons. The van der Waals surface area contributed by atoms with Crippen molar-refractivity contribution in [3.8, 4) is 17.1 Å². The van der Waals surface area contributed by atoms with Crippen LogP contribution in [0.4, 0.5) is 0 Å². The van der Waals surface area contributed by atoms with E-state index in [4.69, 9.17) is 4.42 Å².